The van der Waals surface area contributed by atoms with Gasteiger partial charge < -0.3 is 19.9 Å². The van der Waals surface area contributed by atoms with E-state index < -0.39 is 29.8 Å². The first-order chi connectivity index (χ1) is 10.8. The SMILES string of the molecule is CC1(C)OC2COC(c3[nH]nc(C(N)=O)c3C(=O)N=[N+]=N)C2O1. The zero-order valence-electron chi connectivity index (χ0n) is 12.4. The Labute approximate surface area is 129 Å². The van der Waals surface area contributed by atoms with Crippen LogP contribution in [0, 0.1) is 5.53 Å². The average Bonchev–Trinajstić information content (AvgIpc) is 3.09. The first-order valence-corrected chi connectivity index (χ1v) is 6.81. The third kappa shape index (κ3) is 2.55. The molecule has 23 heavy (non-hydrogen) atoms. The number of nitrogens with two attached hydrogens (primary N) is 1. The average molecular weight is 323 g/mol. The summed E-state index contributed by atoms with van der Waals surface area (Å²) < 4.78 is 17.1. The number of ether oxygens (including phenoxy) is 3. The van der Waals surface area contributed by atoms with Gasteiger partial charge in [0, 0.05) is 0 Å². The molecule has 122 valence electrons. The summed E-state index contributed by atoms with van der Waals surface area (Å²) in [5.41, 5.74) is 11.6. The third-order valence-electron chi connectivity index (χ3n) is 3.63. The van der Waals surface area contributed by atoms with Crippen molar-refractivity contribution in [2.45, 2.75) is 37.9 Å². The number of aromatic nitrogens is 2. The lowest BCUT2D eigenvalue weighted by molar-refractivity contribution is -0.176. The number of primary amides is 1. The maximum Gasteiger partial charge on any atom is 0.365 e. The number of nitrogens with zero attached hydrogens (tertiary/aromatic N) is 3. The van der Waals surface area contributed by atoms with E-state index in [0.717, 1.165) is 0 Å². The van der Waals surface area contributed by atoms with E-state index in [1.807, 2.05) is 0 Å². The van der Waals surface area contributed by atoms with E-state index in [4.69, 9.17) is 25.5 Å². The number of fused-ring (bicyclic) bond motifs is 1. The second kappa shape index (κ2) is 5.32. The van der Waals surface area contributed by atoms with Crippen molar-refractivity contribution < 1.29 is 23.8 Å². The summed E-state index contributed by atoms with van der Waals surface area (Å²) in [6, 6.07) is 0. The van der Waals surface area contributed by atoms with E-state index >= 15 is 0 Å². The zero-order chi connectivity index (χ0) is 16.8. The van der Waals surface area contributed by atoms with Gasteiger partial charge in [0.2, 0.25) is 10.0 Å². The van der Waals surface area contributed by atoms with Gasteiger partial charge in [0.1, 0.15) is 29.4 Å². The maximum absolute atomic E-state index is 12.1. The molecule has 2 aliphatic rings. The van der Waals surface area contributed by atoms with Crippen LogP contribution in [0.4, 0.5) is 0 Å². The minimum atomic E-state index is -0.914. The lowest BCUT2D eigenvalue weighted by atomic mass is 10.0. The molecule has 11 nitrogen and oxygen atoms in total. The Morgan fingerprint density at radius 3 is 2.87 bits per heavy atom. The molecule has 0 spiro atoms. The lowest BCUT2D eigenvalue weighted by Crippen LogP contribution is -2.26. The van der Waals surface area contributed by atoms with Crippen molar-refractivity contribution in [2.24, 2.45) is 10.8 Å². The van der Waals surface area contributed by atoms with Crippen molar-refractivity contribution in [3.8, 4) is 0 Å². The normalized spacial score (nSPS) is 28.2. The molecule has 2 saturated heterocycles. The number of rotatable bonds is 3. The van der Waals surface area contributed by atoms with Gasteiger partial charge in [-0.3, -0.25) is 14.7 Å². The molecule has 3 rings (SSSR count). The Morgan fingerprint density at radius 1 is 1.48 bits per heavy atom. The molecule has 1 aromatic heterocycles. The minimum absolute atomic E-state index is 0.174. The molecule has 4 N–H and O–H groups in total. The highest BCUT2D eigenvalue weighted by molar-refractivity contribution is 6.06. The molecule has 2 fully saturated rings. The fourth-order valence-corrected chi connectivity index (χ4v) is 2.84. The van der Waals surface area contributed by atoms with Crippen LogP contribution in [0.25, 0.3) is 0 Å². The van der Waals surface area contributed by atoms with Gasteiger partial charge in [0.15, 0.2) is 11.5 Å². The molecule has 2 aliphatic heterocycles. The summed E-state index contributed by atoms with van der Waals surface area (Å²) >= 11 is 0. The third-order valence-corrected chi connectivity index (χ3v) is 3.63. The number of amides is 2. The number of aromatic amines is 1. The van der Waals surface area contributed by atoms with Crippen molar-refractivity contribution in [1.29, 1.82) is 5.53 Å². The van der Waals surface area contributed by atoms with Crippen molar-refractivity contribution >= 4 is 11.8 Å². The molecule has 0 saturated carbocycles. The van der Waals surface area contributed by atoms with Gasteiger partial charge in [-0.05, 0) is 13.8 Å². The van der Waals surface area contributed by atoms with Crippen molar-refractivity contribution in [1.82, 2.24) is 15.1 Å². The molecule has 0 aromatic carbocycles. The Morgan fingerprint density at radius 2 is 2.22 bits per heavy atom. The monoisotopic (exact) mass is 323 g/mol. The molecule has 0 aliphatic carbocycles. The van der Waals surface area contributed by atoms with Crippen molar-refractivity contribution in [3.63, 3.8) is 0 Å². The van der Waals surface area contributed by atoms with Crippen LogP contribution in [-0.4, -0.2) is 46.6 Å². The predicted octanol–water partition coefficient (Wildman–Crippen LogP) is -0.209. The van der Waals surface area contributed by atoms with Crippen molar-refractivity contribution in [2.75, 3.05) is 6.61 Å². The fraction of sp³-hybridized carbons (Fsp3) is 0.583. The van der Waals surface area contributed by atoms with Gasteiger partial charge in [-0.25, -0.2) is 0 Å². The highest BCUT2D eigenvalue weighted by atomic mass is 16.8. The van der Waals surface area contributed by atoms with Crippen LogP contribution in [0.1, 0.15) is 46.5 Å². The highest BCUT2D eigenvalue weighted by Gasteiger charge is 2.52. The second-order valence-electron chi connectivity index (χ2n) is 5.62. The summed E-state index contributed by atoms with van der Waals surface area (Å²) in [5.74, 6) is -2.60. The lowest BCUT2D eigenvalue weighted by Gasteiger charge is -2.21. The van der Waals surface area contributed by atoms with Gasteiger partial charge >= 0.3 is 5.91 Å². The number of hydrogen-bond donors (Lipinski definition) is 3. The summed E-state index contributed by atoms with van der Waals surface area (Å²) in [6.07, 6.45) is -1.50. The summed E-state index contributed by atoms with van der Waals surface area (Å²) in [5, 5.41) is 9.45. The largest absolute Gasteiger partial charge is 0.366 e. The van der Waals surface area contributed by atoms with E-state index in [0.29, 0.717) is 0 Å². The molecule has 0 radical (unpaired) electrons. The molecule has 3 atom stereocenters. The number of H-pyrrole nitrogens is 1. The minimum Gasteiger partial charge on any atom is -0.366 e. The smallest absolute Gasteiger partial charge is 0.365 e. The highest BCUT2D eigenvalue weighted by Crippen LogP contribution is 2.42. The first-order valence-electron chi connectivity index (χ1n) is 6.81. The molecule has 11 heteroatoms. The number of hydrogen-bond acceptors (Lipinski definition) is 7. The van der Waals surface area contributed by atoms with Gasteiger partial charge in [-0.15, -0.1) is 0 Å². The summed E-state index contributed by atoms with van der Waals surface area (Å²) in [4.78, 5) is 26.2. The predicted molar refractivity (Wildman–Crippen MR) is 71.2 cm³/mol. The Hall–Kier alpha value is -2.46. The Bertz CT molecular complexity index is 722. The fourth-order valence-electron chi connectivity index (χ4n) is 2.84. The first kappa shape index (κ1) is 15.4. The van der Waals surface area contributed by atoms with E-state index in [-0.39, 0.29) is 29.7 Å². The molecular formula is C12H15N6O5+. The van der Waals surface area contributed by atoms with Crippen LogP contribution in [0.15, 0.2) is 5.11 Å². The van der Waals surface area contributed by atoms with E-state index in [1.54, 1.807) is 13.8 Å². The van der Waals surface area contributed by atoms with E-state index in [2.05, 4.69) is 20.2 Å². The molecule has 3 heterocycles. The van der Waals surface area contributed by atoms with Crippen LogP contribution in [0.3, 0.4) is 0 Å². The Kier molecular flexibility index (Phi) is 3.57. The molecule has 0 bridgehead atoms. The summed E-state index contributed by atoms with van der Waals surface area (Å²) in [6.45, 7) is 3.80. The molecule has 3 unspecified atom stereocenters. The van der Waals surface area contributed by atoms with E-state index in [1.165, 1.54) is 0 Å². The van der Waals surface area contributed by atoms with Crippen LogP contribution < -0.4 is 10.6 Å². The Balaban J connectivity index is 2.02. The number of carbonyl (C=O) groups excluding carboxylic acids is 2. The van der Waals surface area contributed by atoms with Crippen LogP contribution in [0.2, 0.25) is 0 Å². The van der Waals surface area contributed by atoms with Crippen LogP contribution >= 0.6 is 0 Å². The number of carbonyl (C=O) groups is 2. The second-order valence-corrected chi connectivity index (χ2v) is 5.62. The summed E-state index contributed by atoms with van der Waals surface area (Å²) in [7, 11) is 0. The van der Waals surface area contributed by atoms with E-state index in [9.17, 15) is 9.59 Å². The zero-order valence-corrected chi connectivity index (χ0v) is 12.4. The maximum atomic E-state index is 12.1. The van der Waals surface area contributed by atoms with Gasteiger partial charge in [0.05, 0.1) is 12.3 Å². The van der Waals surface area contributed by atoms with Gasteiger partial charge in [-0.2, -0.15) is 5.10 Å². The quantitative estimate of drug-likeness (QED) is 0.514. The standard InChI is InChI=1S/C12H14N6O5/c1-12(2)22-4-3-21-9(8(4)23-12)6-5(11(20)17-18-14)7(10(13)19)16-15-6/h4,8-9H,3H2,1-2H3,(H3-,13,14,15,16,17,19,20)/p+1. The molecular weight excluding hydrogens is 308 g/mol. The van der Waals surface area contributed by atoms with Gasteiger partial charge in [-0.1, -0.05) is 0 Å². The topological polar surface area (TPSA) is 167 Å². The van der Waals surface area contributed by atoms with Crippen molar-refractivity contribution in [3.05, 3.63) is 17.0 Å². The van der Waals surface area contributed by atoms with Crippen LogP contribution in [0.5, 0.6) is 0 Å². The number of nitrogens with one attached hydrogen (secondary N) is 2. The molecule has 2 amide bonds. The van der Waals surface area contributed by atoms with Gasteiger partial charge in [0.25, 0.3) is 5.91 Å². The molecule has 1 aromatic rings. The van der Waals surface area contributed by atoms with Crippen LogP contribution in [-0.2, 0) is 14.2 Å².